The number of aryl methyl sites for hydroxylation is 1. The van der Waals surface area contributed by atoms with Crippen LogP contribution in [-0.4, -0.2) is 65.6 Å². The van der Waals surface area contributed by atoms with Crippen LogP contribution in [0.15, 0.2) is 27.6 Å². The number of rotatable bonds is 4. The maximum Gasteiger partial charge on any atom is 0.250 e. The molecule has 134 valence electrons. The third-order valence-corrected chi connectivity index (χ3v) is 5.17. The Labute approximate surface area is 156 Å². The lowest BCUT2D eigenvalue weighted by molar-refractivity contribution is -0.130. The average molecular weight is 420 g/mol. The summed E-state index contributed by atoms with van der Waals surface area (Å²) < 4.78 is 2.44. The summed E-state index contributed by atoms with van der Waals surface area (Å²) in [5.41, 5.74) is -0.0684. The van der Waals surface area contributed by atoms with Crippen LogP contribution in [0.2, 0.25) is 0 Å². The molecule has 2 aliphatic heterocycles. The maximum absolute atomic E-state index is 12.4. The average Bonchev–Trinajstić information content (AvgIpc) is 3.06. The number of halogens is 2. The summed E-state index contributed by atoms with van der Waals surface area (Å²) >= 11 is 3.36. The van der Waals surface area contributed by atoms with Gasteiger partial charge >= 0.3 is 0 Å². The van der Waals surface area contributed by atoms with Crippen molar-refractivity contribution < 1.29 is 4.79 Å². The molecule has 2 saturated heterocycles. The molecule has 2 aliphatic rings. The zero-order valence-corrected chi connectivity index (χ0v) is 16.0. The quantitative estimate of drug-likeness (QED) is 0.789. The summed E-state index contributed by atoms with van der Waals surface area (Å²) in [7, 11) is 0. The smallest absolute Gasteiger partial charge is 0.250 e. The largest absolute Gasteiger partial charge is 0.341 e. The topological polar surface area (TPSA) is 57.6 Å². The molecular formula is C16H24BrClN4O2. The first-order valence-electron chi connectivity index (χ1n) is 8.22. The Morgan fingerprint density at radius 3 is 2.75 bits per heavy atom. The molecule has 0 saturated carbocycles. The molecule has 1 amide bonds. The number of nitrogens with one attached hydrogen (secondary N) is 1. The van der Waals surface area contributed by atoms with E-state index in [1.54, 1.807) is 16.8 Å². The molecule has 1 aromatic heterocycles. The van der Waals surface area contributed by atoms with Crippen LogP contribution in [0.3, 0.4) is 0 Å². The van der Waals surface area contributed by atoms with E-state index in [-0.39, 0.29) is 23.9 Å². The van der Waals surface area contributed by atoms with Crippen molar-refractivity contribution in [2.45, 2.75) is 25.4 Å². The number of carbonyl (C=O) groups excluding carboxylic acids is 1. The molecule has 24 heavy (non-hydrogen) atoms. The SMILES string of the molecule is Cl.O=C(CCn1cc(Br)ccc1=O)N1CCC(N2CCNCC2)C1. The molecular weight excluding hydrogens is 396 g/mol. The number of aromatic nitrogens is 1. The highest BCUT2D eigenvalue weighted by atomic mass is 79.9. The van der Waals surface area contributed by atoms with Crippen LogP contribution in [0.25, 0.3) is 0 Å². The van der Waals surface area contributed by atoms with Crippen LogP contribution < -0.4 is 10.9 Å². The highest BCUT2D eigenvalue weighted by molar-refractivity contribution is 9.10. The third-order valence-electron chi connectivity index (χ3n) is 4.70. The van der Waals surface area contributed by atoms with E-state index in [4.69, 9.17) is 0 Å². The minimum absolute atomic E-state index is 0. The summed E-state index contributed by atoms with van der Waals surface area (Å²) in [6.45, 7) is 6.31. The lowest BCUT2D eigenvalue weighted by Crippen LogP contribution is -2.49. The highest BCUT2D eigenvalue weighted by Gasteiger charge is 2.30. The van der Waals surface area contributed by atoms with E-state index in [1.807, 2.05) is 4.90 Å². The second-order valence-corrected chi connectivity index (χ2v) is 7.11. The Balaban J connectivity index is 0.00000208. The summed E-state index contributed by atoms with van der Waals surface area (Å²) in [5, 5.41) is 3.36. The van der Waals surface area contributed by atoms with Crippen LogP contribution in [0, 0.1) is 0 Å². The molecule has 0 aliphatic carbocycles. The van der Waals surface area contributed by atoms with Crippen molar-refractivity contribution in [3.63, 3.8) is 0 Å². The molecule has 1 N–H and O–H groups in total. The zero-order valence-electron chi connectivity index (χ0n) is 13.6. The Kier molecular flexibility index (Phi) is 7.28. The van der Waals surface area contributed by atoms with Gasteiger partial charge in [0.1, 0.15) is 0 Å². The molecule has 2 fully saturated rings. The van der Waals surface area contributed by atoms with Gasteiger partial charge in [0, 0.05) is 75.0 Å². The molecule has 1 unspecified atom stereocenters. The fraction of sp³-hybridized carbons (Fsp3) is 0.625. The van der Waals surface area contributed by atoms with E-state index < -0.39 is 0 Å². The lowest BCUT2D eigenvalue weighted by Gasteiger charge is -2.32. The van der Waals surface area contributed by atoms with Crippen LogP contribution in [0.5, 0.6) is 0 Å². The second-order valence-electron chi connectivity index (χ2n) is 6.20. The summed E-state index contributed by atoms with van der Waals surface area (Å²) in [4.78, 5) is 28.6. The molecule has 3 rings (SSSR count). The van der Waals surface area contributed by atoms with Gasteiger partial charge in [0.2, 0.25) is 5.91 Å². The minimum Gasteiger partial charge on any atom is -0.341 e. The molecule has 3 heterocycles. The van der Waals surface area contributed by atoms with E-state index >= 15 is 0 Å². The van der Waals surface area contributed by atoms with E-state index in [1.165, 1.54) is 6.07 Å². The Bertz CT molecular complexity index is 618. The summed E-state index contributed by atoms with van der Waals surface area (Å²) in [6, 6.07) is 3.74. The molecule has 6 nitrogen and oxygen atoms in total. The molecule has 0 spiro atoms. The number of nitrogens with zero attached hydrogens (tertiary/aromatic N) is 3. The van der Waals surface area contributed by atoms with Crippen molar-refractivity contribution in [3.05, 3.63) is 33.2 Å². The number of likely N-dealkylation sites (tertiary alicyclic amines) is 1. The Morgan fingerprint density at radius 1 is 1.25 bits per heavy atom. The predicted molar refractivity (Wildman–Crippen MR) is 99.7 cm³/mol. The molecule has 0 radical (unpaired) electrons. The van der Waals surface area contributed by atoms with Gasteiger partial charge in [-0.25, -0.2) is 0 Å². The summed E-state index contributed by atoms with van der Waals surface area (Å²) in [6.07, 6.45) is 3.18. The van der Waals surface area contributed by atoms with E-state index in [2.05, 4.69) is 26.1 Å². The van der Waals surface area contributed by atoms with Gasteiger partial charge in [-0.3, -0.25) is 14.5 Å². The van der Waals surface area contributed by atoms with Crippen LogP contribution in [0.1, 0.15) is 12.8 Å². The number of amides is 1. The van der Waals surface area contributed by atoms with Crippen LogP contribution in [-0.2, 0) is 11.3 Å². The van der Waals surface area contributed by atoms with Crippen molar-refractivity contribution in [1.29, 1.82) is 0 Å². The number of carbonyl (C=O) groups is 1. The number of hydrogen-bond acceptors (Lipinski definition) is 4. The first-order chi connectivity index (χ1) is 11.1. The Morgan fingerprint density at radius 2 is 2.00 bits per heavy atom. The molecule has 0 aromatic carbocycles. The van der Waals surface area contributed by atoms with Crippen molar-refractivity contribution in [3.8, 4) is 0 Å². The van der Waals surface area contributed by atoms with Gasteiger partial charge in [0.05, 0.1) is 0 Å². The third kappa shape index (κ3) is 4.81. The fourth-order valence-electron chi connectivity index (χ4n) is 3.36. The van der Waals surface area contributed by atoms with Crippen molar-refractivity contribution in [2.75, 3.05) is 39.3 Å². The van der Waals surface area contributed by atoms with Gasteiger partial charge in [-0.1, -0.05) is 0 Å². The van der Waals surface area contributed by atoms with Gasteiger partial charge in [0.25, 0.3) is 5.56 Å². The molecule has 1 aromatic rings. The van der Waals surface area contributed by atoms with Gasteiger partial charge in [-0.05, 0) is 28.4 Å². The number of pyridine rings is 1. The van der Waals surface area contributed by atoms with Gasteiger partial charge < -0.3 is 14.8 Å². The number of piperazine rings is 1. The number of hydrogen-bond donors (Lipinski definition) is 1. The lowest BCUT2D eigenvalue weighted by atomic mass is 10.2. The first kappa shape index (κ1) is 19.4. The second kappa shape index (κ2) is 8.99. The first-order valence-corrected chi connectivity index (χ1v) is 9.01. The Hall–Kier alpha value is -0.890. The highest BCUT2D eigenvalue weighted by Crippen LogP contribution is 2.17. The minimum atomic E-state index is -0.0684. The predicted octanol–water partition coefficient (Wildman–Crippen LogP) is 0.929. The van der Waals surface area contributed by atoms with Gasteiger partial charge in [-0.2, -0.15) is 0 Å². The molecule has 0 bridgehead atoms. The maximum atomic E-state index is 12.4. The van der Waals surface area contributed by atoms with Crippen molar-refractivity contribution in [2.24, 2.45) is 0 Å². The monoisotopic (exact) mass is 418 g/mol. The van der Waals surface area contributed by atoms with Gasteiger partial charge in [-0.15, -0.1) is 12.4 Å². The van der Waals surface area contributed by atoms with E-state index in [9.17, 15) is 9.59 Å². The molecule has 8 heteroatoms. The molecule has 1 atom stereocenters. The normalized spacial score (nSPS) is 21.5. The van der Waals surface area contributed by atoms with E-state index in [0.717, 1.165) is 50.2 Å². The van der Waals surface area contributed by atoms with Crippen molar-refractivity contribution in [1.82, 2.24) is 19.7 Å². The standard InChI is InChI=1S/C16H23BrN4O2.ClH/c17-13-1-2-15(22)20(11-13)8-4-16(23)21-7-3-14(12-21)19-9-5-18-6-10-19;/h1-2,11,14,18H,3-10,12H2;1H. The fourth-order valence-corrected chi connectivity index (χ4v) is 3.74. The van der Waals surface area contributed by atoms with Gasteiger partial charge in [0.15, 0.2) is 0 Å². The zero-order chi connectivity index (χ0) is 16.2. The summed E-state index contributed by atoms with van der Waals surface area (Å²) in [5.74, 6) is 0.148. The van der Waals surface area contributed by atoms with E-state index in [0.29, 0.717) is 19.0 Å². The van der Waals surface area contributed by atoms with Crippen LogP contribution in [0.4, 0.5) is 0 Å². The van der Waals surface area contributed by atoms with Crippen molar-refractivity contribution >= 4 is 34.2 Å². The van der Waals surface area contributed by atoms with Crippen LogP contribution >= 0.6 is 28.3 Å².